The molecule has 0 unspecified atom stereocenters. The molecule has 24 heavy (non-hydrogen) atoms. The minimum absolute atomic E-state index is 0.160. The number of benzene rings is 2. The standard InChI is InChI=1S/C18H15ClN2O2S/c1-11-3-4-12(9-15(11)23-2)10-16-17(22)21-18(24-16)20-14-7-5-13(19)6-8-14/h3-10H,1-2H3,(H,20,21,22)/b16-10+. The Morgan fingerprint density at radius 2 is 1.96 bits per heavy atom. The molecule has 0 aromatic heterocycles. The number of methoxy groups -OCH3 is 1. The van der Waals surface area contributed by atoms with Crippen LogP contribution in [0, 0.1) is 6.92 Å². The quantitative estimate of drug-likeness (QED) is 0.819. The van der Waals surface area contributed by atoms with Crippen molar-refractivity contribution >= 4 is 46.2 Å². The summed E-state index contributed by atoms with van der Waals surface area (Å²) in [5.74, 6) is 0.634. The number of nitrogens with zero attached hydrogens (tertiary/aromatic N) is 1. The molecule has 0 saturated carbocycles. The highest BCUT2D eigenvalue weighted by atomic mass is 35.5. The first-order valence-electron chi connectivity index (χ1n) is 7.25. The summed E-state index contributed by atoms with van der Waals surface area (Å²) in [5.41, 5.74) is 2.69. The molecule has 1 aliphatic rings. The molecule has 4 nitrogen and oxygen atoms in total. The molecule has 1 N–H and O–H groups in total. The Bertz CT molecular complexity index is 845. The maximum atomic E-state index is 12.1. The van der Waals surface area contributed by atoms with E-state index in [0.29, 0.717) is 15.1 Å². The van der Waals surface area contributed by atoms with Crippen LogP contribution in [-0.4, -0.2) is 18.2 Å². The maximum Gasteiger partial charge on any atom is 0.264 e. The van der Waals surface area contributed by atoms with Gasteiger partial charge in [0, 0.05) is 5.02 Å². The van der Waals surface area contributed by atoms with Gasteiger partial charge in [0.05, 0.1) is 17.7 Å². The average molecular weight is 359 g/mol. The Labute approximate surface area is 149 Å². The van der Waals surface area contributed by atoms with E-state index in [1.165, 1.54) is 11.8 Å². The van der Waals surface area contributed by atoms with Crippen LogP contribution >= 0.6 is 23.4 Å². The Hall–Kier alpha value is -2.24. The normalized spacial score (nSPS) is 17.4. The van der Waals surface area contributed by atoms with Crippen LogP contribution in [0.25, 0.3) is 6.08 Å². The highest BCUT2D eigenvalue weighted by Gasteiger charge is 2.23. The summed E-state index contributed by atoms with van der Waals surface area (Å²) in [6.07, 6.45) is 1.83. The summed E-state index contributed by atoms with van der Waals surface area (Å²) in [6, 6.07) is 12.9. The number of thioether (sulfide) groups is 1. The first-order valence-corrected chi connectivity index (χ1v) is 8.44. The van der Waals surface area contributed by atoms with Gasteiger partial charge in [-0.2, -0.15) is 0 Å². The van der Waals surface area contributed by atoms with Crippen LogP contribution in [0.2, 0.25) is 5.02 Å². The van der Waals surface area contributed by atoms with Gasteiger partial charge >= 0.3 is 0 Å². The van der Waals surface area contributed by atoms with E-state index < -0.39 is 0 Å². The van der Waals surface area contributed by atoms with Gasteiger partial charge in [0.15, 0.2) is 5.17 Å². The topological polar surface area (TPSA) is 50.7 Å². The lowest BCUT2D eigenvalue weighted by molar-refractivity contribution is -0.115. The fourth-order valence-corrected chi connectivity index (χ4v) is 3.16. The highest BCUT2D eigenvalue weighted by molar-refractivity contribution is 8.18. The number of rotatable bonds is 3. The Balaban J connectivity index is 1.83. The average Bonchev–Trinajstić information content (AvgIpc) is 2.91. The number of ether oxygens (including phenoxy) is 1. The van der Waals surface area contributed by atoms with Gasteiger partial charge in [0.2, 0.25) is 0 Å². The minimum atomic E-state index is -0.160. The Kier molecular flexibility index (Phi) is 4.92. The number of aliphatic imine (C=N–C) groups is 1. The third-order valence-electron chi connectivity index (χ3n) is 3.44. The number of amides is 1. The molecule has 122 valence electrons. The molecule has 2 aromatic carbocycles. The van der Waals surface area contributed by atoms with Crippen molar-refractivity contribution in [1.29, 1.82) is 0 Å². The van der Waals surface area contributed by atoms with Crippen molar-refractivity contribution < 1.29 is 9.53 Å². The number of carbonyl (C=O) groups excluding carboxylic acids is 1. The van der Waals surface area contributed by atoms with Crippen LogP contribution in [0.15, 0.2) is 52.4 Å². The van der Waals surface area contributed by atoms with Gasteiger partial charge in [-0.15, -0.1) is 0 Å². The van der Waals surface area contributed by atoms with Crippen molar-refractivity contribution in [3.63, 3.8) is 0 Å². The van der Waals surface area contributed by atoms with Gasteiger partial charge < -0.3 is 10.1 Å². The van der Waals surface area contributed by atoms with E-state index in [9.17, 15) is 4.79 Å². The molecule has 1 fully saturated rings. The van der Waals surface area contributed by atoms with E-state index in [2.05, 4.69) is 10.3 Å². The second-order valence-electron chi connectivity index (χ2n) is 5.19. The summed E-state index contributed by atoms with van der Waals surface area (Å²) in [7, 11) is 1.63. The third kappa shape index (κ3) is 3.80. The van der Waals surface area contributed by atoms with Gasteiger partial charge in [-0.1, -0.05) is 23.7 Å². The van der Waals surface area contributed by atoms with Gasteiger partial charge in [-0.25, -0.2) is 4.99 Å². The molecule has 1 amide bonds. The highest BCUT2D eigenvalue weighted by Crippen LogP contribution is 2.29. The Morgan fingerprint density at radius 3 is 2.67 bits per heavy atom. The summed E-state index contributed by atoms with van der Waals surface area (Å²) in [4.78, 5) is 17.1. The zero-order valence-electron chi connectivity index (χ0n) is 13.2. The predicted octanol–water partition coefficient (Wildman–Crippen LogP) is 4.55. The minimum Gasteiger partial charge on any atom is -0.496 e. The number of aryl methyl sites for hydroxylation is 1. The number of amidine groups is 1. The second-order valence-corrected chi connectivity index (χ2v) is 6.65. The molecule has 0 atom stereocenters. The molecule has 1 aliphatic heterocycles. The monoisotopic (exact) mass is 358 g/mol. The van der Waals surface area contributed by atoms with Crippen LogP contribution < -0.4 is 10.1 Å². The van der Waals surface area contributed by atoms with E-state index >= 15 is 0 Å². The first kappa shape index (κ1) is 16.6. The lowest BCUT2D eigenvalue weighted by Crippen LogP contribution is -2.19. The van der Waals surface area contributed by atoms with E-state index in [4.69, 9.17) is 16.3 Å². The number of hydrogen-bond donors (Lipinski definition) is 1. The fourth-order valence-electron chi connectivity index (χ4n) is 2.19. The van der Waals surface area contributed by atoms with Crippen LogP contribution in [0.5, 0.6) is 5.75 Å². The zero-order chi connectivity index (χ0) is 17.1. The molecular formula is C18H15ClN2O2S. The first-order chi connectivity index (χ1) is 11.5. The van der Waals surface area contributed by atoms with Crippen LogP contribution in [0.3, 0.4) is 0 Å². The molecule has 1 saturated heterocycles. The van der Waals surface area contributed by atoms with Crippen LogP contribution in [0.4, 0.5) is 5.69 Å². The molecule has 0 spiro atoms. The third-order valence-corrected chi connectivity index (χ3v) is 4.60. The van der Waals surface area contributed by atoms with E-state index in [-0.39, 0.29) is 5.91 Å². The number of hydrogen-bond acceptors (Lipinski definition) is 4. The molecule has 3 rings (SSSR count). The molecular weight excluding hydrogens is 344 g/mol. The van der Waals surface area contributed by atoms with Crippen molar-refractivity contribution in [2.24, 2.45) is 4.99 Å². The van der Waals surface area contributed by atoms with Crippen molar-refractivity contribution in [2.75, 3.05) is 7.11 Å². The summed E-state index contributed by atoms with van der Waals surface area (Å²) < 4.78 is 5.32. The molecule has 1 heterocycles. The second kappa shape index (κ2) is 7.11. The Morgan fingerprint density at radius 1 is 1.21 bits per heavy atom. The van der Waals surface area contributed by atoms with Crippen LogP contribution in [0.1, 0.15) is 11.1 Å². The predicted molar refractivity (Wildman–Crippen MR) is 100.0 cm³/mol. The fraction of sp³-hybridized carbons (Fsp3) is 0.111. The smallest absolute Gasteiger partial charge is 0.264 e. The van der Waals surface area contributed by atoms with Gasteiger partial charge in [0.1, 0.15) is 5.75 Å². The summed E-state index contributed by atoms with van der Waals surface area (Å²) >= 11 is 7.16. The molecule has 2 aromatic rings. The van der Waals surface area contributed by atoms with E-state index in [1.54, 1.807) is 31.4 Å². The number of nitrogens with one attached hydrogen (secondary N) is 1. The summed E-state index contributed by atoms with van der Waals surface area (Å²) in [5, 5.41) is 3.97. The van der Waals surface area contributed by atoms with Crippen LogP contribution in [-0.2, 0) is 4.79 Å². The van der Waals surface area contributed by atoms with E-state index in [0.717, 1.165) is 22.6 Å². The number of halogens is 1. The summed E-state index contributed by atoms with van der Waals surface area (Å²) in [6.45, 7) is 1.98. The lowest BCUT2D eigenvalue weighted by Gasteiger charge is -2.05. The molecule has 6 heteroatoms. The van der Waals surface area contributed by atoms with Gasteiger partial charge in [-0.05, 0) is 66.2 Å². The van der Waals surface area contributed by atoms with Crippen molar-refractivity contribution in [3.8, 4) is 5.75 Å². The van der Waals surface area contributed by atoms with Crippen molar-refractivity contribution in [3.05, 3.63) is 63.5 Å². The van der Waals surface area contributed by atoms with Gasteiger partial charge in [0.25, 0.3) is 5.91 Å². The molecule has 0 radical (unpaired) electrons. The molecule has 0 aliphatic carbocycles. The van der Waals surface area contributed by atoms with E-state index in [1.807, 2.05) is 31.2 Å². The lowest BCUT2D eigenvalue weighted by atomic mass is 10.1. The number of carbonyl (C=O) groups is 1. The molecule has 0 bridgehead atoms. The van der Waals surface area contributed by atoms with Crippen molar-refractivity contribution in [2.45, 2.75) is 6.92 Å². The van der Waals surface area contributed by atoms with Crippen molar-refractivity contribution in [1.82, 2.24) is 5.32 Å². The largest absolute Gasteiger partial charge is 0.496 e. The SMILES string of the molecule is COc1cc(/C=C2/SC(=Nc3ccc(Cl)cc3)NC2=O)ccc1C. The maximum absolute atomic E-state index is 12.1. The zero-order valence-corrected chi connectivity index (χ0v) is 14.7. The van der Waals surface area contributed by atoms with Gasteiger partial charge in [-0.3, -0.25) is 4.79 Å².